The molecule has 0 bridgehead atoms. The van der Waals surface area contributed by atoms with Gasteiger partial charge < -0.3 is 14.7 Å². The molecule has 0 saturated carbocycles. The third-order valence-corrected chi connectivity index (χ3v) is 3.97. The molecular formula is C15H15ClFN3O. The number of nitrogens with zero attached hydrogens (tertiary/aromatic N) is 2. The lowest BCUT2D eigenvalue weighted by molar-refractivity contribution is 0.495. The third kappa shape index (κ3) is 2.17. The number of fused-ring (bicyclic) bond motifs is 1. The van der Waals surface area contributed by atoms with E-state index in [0.717, 1.165) is 17.1 Å². The van der Waals surface area contributed by atoms with Gasteiger partial charge in [-0.05, 0) is 32.9 Å². The Hall–Kier alpha value is -2.01. The van der Waals surface area contributed by atoms with E-state index in [4.69, 9.17) is 21.8 Å². The number of halogens is 2. The van der Waals surface area contributed by atoms with Crippen LogP contribution in [-0.4, -0.2) is 9.55 Å². The van der Waals surface area contributed by atoms with Gasteiger partial charge in [-0.3, -0.25) is 0 Å². The van der Waals surface area contributed by atoms with Crippen molar-refractivity contribution in [2.75, 3.05) is 5.73 Å². The van der Waals surface area contributed by atoms with Crippen LogP contribution in [0.4, 0.5) is 10.3 Å². The summed E-state index contributed by atoms with van der Waals surface area (Å²) in [4.78, 5) is 4.26. The van der Waals surface area contributed by atoms with Gasteiger partial charge in [0.15, 0.2) is 0 Å². The smallest absolute Gasteiger partial charge is 0.201 e. The largest absolute Gasteiger partial charge is 0.466 e. The summed E-state index contributed by atoms with van der Waals surface area (Å²) in [5, 5.41) is 0.0372. The summed E-state index contributed by atoms with van der Waals surface area (Å²) >= 11 is 5.79. The van der Waals surface area contributed by atoms with Gasteiger partial charge in [0, 0.05) is 11.6 Å². The van der Waals surface area contributed by atoms with E-state index in [-0.39, 0.29) is 11.1 Å². The van der Waals surface area contributed by atoms with E-state index < -0.39 is 5.82 Å². The molecule has 1 atom stereocenters. The number of furan rings is 1. The number of aryl methyl sites for hydroxylation is 2. The van der Waals surface area contributed by atoms with E-state index in [0.29, 0.717) is 17.0 Å². The fourth-order valence-corrected chi connectivity index (χ4v) is 2.88. The van der Waals surface area contributed by atoms with Crippen molar-refractivity contribution in [1.82, 2.24) is 9.55 Å². The van der Waals surface area contributed by atoms with Crippen molar-refractivity contribution in [3.63, 3.8) is 0 Å². The van der Waals surface area contributed by atoms with Crippen LogP contribution in [0.5, 0.6) is 0 Å². The molecule has 1 unspecified atom stereocenters. The van der Waals surface area contributed by atoms with Crippen LogP contribution in [0.3, 0.4) is 0 Å². The van der Waals surface area contributed by atoms with E-state index in [9.17, 15) is 4.39 Å². The molecule has 2 heterocycles. The molecule has 2 aromatic heterocycles. The molecule has 0 spiro atoms. The SMILES string of the molecule is Cc1cc(C(C)n2c(N)nc3cc(Cl)c(F)cc32)c(C)o1. The number of benzene rings is 1. The Kier molecular flexibility index (Phi) is 3.17. The number of hydrogen-bond acceptors (Lipinski definition) is 3. The van der Waals surface area contributed by atoms with Gasteiger partial charge in [-0.2, -0.15) is 0 Å². The standard InChI is InChI=1S/C15H15ClFN3O/c1-7-4-10(9(3)21-7)8(2)20-14-6-12(17)11(16)5-13(14)19-15(20)18/h4-6,8H,1-3H3,(H2,18,19). The zero-order valence-corrected chi connectivity index (χ0v) is 12.7. The molecule has 0 amide bonds. The summed E-state index contributed by atoms with van der Waals surface area (Å²) in [5.41, 5.74) is 8.18. The zero-order valence-electron chi connectivity index (χ0n) is 11.9. The highest BCUT2D eigenvalue weighted by Gasteiger charge is 2.20. The summed E-state index contributed by atoms with van der Waals surface area (Å²) in [7, 11) is 0. The number of anilines is 1. The van der Waals surface area contributed by atoms with E-state index in [2.05, 4.69) is 4.98 Å². The topological polar surface area (TPSA) is 57.0 Å². The molecule has 0 aliphatic rings. The lowest BCUT2D eigenvalue weighted by Gasteiger charge is -2.15. The lowest BCUT2D eigenvalue weighted by Crippen LogP contribution is -2.10. The van der Waals surface area contributed by atoms with E-state index in [1.807, 2.05) is 26.8 Å². The van der Waals surface area contributed by atoms with E-state index >= 15 is 0 Å². The van der Waals surface area contributed by atoms with Gasteiger partial charge in [0.05, 0.1) is 22.1 Å². The average Bonchev–Trinajstić information content (AvgIpc) is 2.89. The first kappa shape index (κ1) is 13.9. The molecule has 4 nitrogen and oxygen atoms in total. The molecule has 0 saturated heterocycles. The summed E-state index contributed by atoms with van der Waals surface area (Å²) in [6.45, 7) is 5.75. The number of rotatable bonds is 2. The molecule has 3 rings (SSSR count). The Morgan fingerprint density at radius 1 is 1.33 bits per heavy atom. The molecule has 1 aromatic carbocycles. The number of nitrogens with two attached hydrogens (primary N) is 1. The Labute approximate surface area is 126 Å². The van der Waals surface area contributed by atoms with Crippen LogP contribution in [0.1, 0.15) is 30.0 Å². The molecule has 3 aromatic rings. The summed E-state index contributed by atoms with van der Waals surface area (Å²) < 4.78 is 21.1. The van der Waals surface area contributed by atoms with Crippen LogP contribution < -0.4 is 5.73 Å². The second kappa shape index (κ2) is 4.77. The average molecular weight is 308 g/mol. The van der Waals surface area contributed by atoms with E-state index in [1.54, 1.807) is 4.57 Å². The van der Waals surface area contributed by atoms with Crippen LogP contribution >= 0.6 is 11.6 Å². The maximum atomic E-state index is 13.8. The lowest BCUT2D eigenvalue weighted by atomic mass is 10.1. The summed E-state index contributed by atoms with van der Waals surface area (Å²) in [6, 6.07) is 4.68. The highest BCUT2D eigenvalue weighted by Crippen LogP contribution is 2.32. The Bertz CT molecular complexity index is 837. The van der Waals surface area contributed by atoms with Crippen molar-refractivity contribution in [2.24, 2.45) is 0 Å². The summed E-state index contributed by atoms with van der Waals surface area (Å²) in [6.07, 6.45) is 0. The molecule has 110 valence electrons. The molecule has 0 aliphatic heterocycles. The number of imidazole rings is 1. The van der Waals surface area contributed by atoms with Crippen LogP contribution in [0.25, 0.3) is 11.0 Å². The maximum Gasteiger partial charge on any atom is 0.201 e. The predicted molar refractivity (Wildman–Crippen MR) is 81.1 cm³/mol. The van der Waals surface area contributed by atoms with Crippen molar-refractivity contribution >= 4 is 28.6 Å². The minimum Gasteiger partial charge on any atom is -0.466 e. The first-order valence-electron chi connectivity index (χ1n) is 6.58. The van der Waals surface area contributed by atoms with Crippen molar-refractivity contribution in [1.29, 1.82) is 0 Å². The van der Waals surface area contributed by atoms with Crippen molar-refractivity contribution in [3.05, 3.63) is 46.1 Å². The first-order valence-corrected chi connectivity index (χ1v) is 6.95. The Morgan fingerprint density at radius 3 is 2.67 bits per heavy atom. The van der Waals surface area contributed by atoms with Gasteiger partial charge in [0.25, 0.3) is 0 Å². The molecule has 6 heteroatoms. The van der Waals surface area contributed by atoms with Crippen LogP contribution in [0.2, 0.25) is 5.02 Å². The fourth-order valence-electron chi connectivity index (χ4n) is 2.72. The molecule has 0 fully saturated rings. The van der Waals surface area contributed by atoms with Gasteiger partial charge in [-0.1, -0.05) is 11.6 Å². The normalized spacial score (nSPS) is 13.0. The Morgan fingerprint density at radius 2 is 2.05 bits per heavy atom. The number of aromatic nitrogens is 2. The molecule has 0 aliphatic carbocycles. The first-order chi connectivity index (χ1) is 9.88. The minimum atomic E-state index is -0.488. The van der Waals surface area contributed by atoms with Gasteiger partial charge in [-0.15, -0.1) is 0 Å². The van der Waals surface area contributed by atoms with Crippen LogP contribution in [0.15, 0.2) is 22.6 Å². The highest BCUT2D eigenvalue weighted by molar-refractivity contribution is 6.31. The van der Waals surface area contributed by atoms with Crippen molar-refractivity contribution in [3.8, 4) is 0 Å². The van der Waals surface area contributed by atoms with Gasteiger partial charge in [-0.25, -0.2) is 9.37 Å². The minimum absolute atomic E-state index is 0.0372. The number of nitrogen functional groups attached to an aromatic ring is 1. The van der Waals surface area contributed by atoms with Crippen molar-refractivity contribution in [2.45, 2.75) is 26.8 Å². The van der Waals surface area contributed by atoms with Gasteiger partial charge in [0.2, 0.25) is 5.95 Å². The Balaban J connectivity index is 2.22. The molecule has 0 radical (unpaired) electrons. The third-order valence-electron chi connectivity index (χ3n) is 3.68. The predicted octanol–water partition coefficient (Wildman–Crippen LogP) is 4.23. The highest BCUT2D eigenvalue weighted by atomic mass is 35.5. The zero-order chi connectivity index (χ0) is 15.3. The monoisotopic (exact) mass is 307 g/mol. The van der Waals surface area contributed by atoms with Crippen molar-refractivity contribution < 1.29 is 8.81 Å². The maximum absolute atomic E-state index is 13.8. The molecular weight excluding hydrogens is 293 g/mol. The van der Waals surface area contributed by atoms with Crippen LogP contribution in [-0.2, 0) is 0 Å². The van der Waals surface area contributed by atoms with Gasteiger partial charge in [0.1, 0.15) is 17.3 Å². The second-order valence-electron chi connectivity index (χ2n) is 5.14. The van der Waals surface area contributed by atoms with Crippen LogP contribution in [0, 0.1) is 19.7 Å². The number of hydrogen-bond donors (Lipinski definition) is 1. The quantitative estimate of drug-likeness (QED) is 0.770. The second-order valence-corrected chi connectivity index (χ2v) is 5.55. The molecule has 21 heavy (non-hydrogen) atoms. The van der Waals surface area contributed by atoms with E-state index in [1.165, 1.54) is 12.1 Å². The molecule has 2 N–H and O–H groups in total. The fraction of sp³-hybridized carbons (Fsp3) is 0.267. The van der Waals surface area contributed by atoms with Gasteiger partial charge >= 0.3 is 0 Å². The summed E-state index contributed by atoms with van der Waals surface area (Å²) in [5.74, 6) is 1.47.